The maximum atomic E-state index is 13.2. The van der Waals surface area contributed by atoms with E-state index in [1.165, 1.54) is 18.2 Å². The van der Waals surface area contributed by atoms with Crippen LogP contribution in [0.25, 0.3) is 0 Å². The summed E-state index contributed by atoms with van der Waals surface area (Å²) in [5, 5.41) is 2.68. The van der Waals surface area contributed by atoms with Gasteiger partial charge in [-0.1, -0.05) is 12.1 Å². The maximum Gasteiger partial charge on any atom is 0.418 e. The van der Waals surface area contributed by atoms with Crippen molar-refractivity contribution in [3.05, 3.63) is 48.0 Å². The van der Waals surface area contributed by atoms with Crippen molar-refractivity contribution < 1.29 is 32.2 Å². The van der Waals surface area contributed by atoms with Gasteiger partial charge in [-0.3, -0.25) is 9.59 Å². The highest BCUT2D eigenvalue weighted by molar-refractivity contribution is 6.04. The number of carbonyl (C=O) groups excluding carboxylic acids is 2. The van der Waals surface area contributed by atoms with Crippen LogP contribution in [0.15, 0.2) is 42.5 Å². The molecule has 2 aromatic carbocycles. The summed E-state index contributed by atoms with van der Waals surface area (Å²) < 4.78 is 50.2. The quantitative estimate of drug-likeness (QED) is 0.869. The monoisotopic (exact) mass is 392 g/mol. The lowest BCUT2D eigenvalue weighted by atomic mass is 10.1. The van der Waals surface area contributed by atoms with Gasteiger partial charge >= 0.3 is 6.18 Å². The van der Waals surface area contributed by atoms with E-state index in [4.69, 9.17) is 9.47 Å². The molecule has 28 heavy (non-hydrogen) atoms. The molecule has 1 saturated heterocycles. The van der Waals surface area contributed by atoms with E-state index in [2.05, 4.69) is 5.32 Å². The number of anilines is 2. The zero-order valence-electron chi connectivity index (χ0n) is 14.5. The van der Waals surface area contributed by atoms with E-state index in [9.17, 15) is 22.8 Å². The van der Waals surface area contributed by atoms with Gasteiger partial charge in [-0.05, 0) is 24.3 Å². The third kappa shape index (κ3) is 3.35. The van der Waals surface area contributed by atoms with Crippen LogP contribution in [-0.2, 0) is 15.8 Å². The third-order valence-corrected chi connectivity index (χ3v) is 4.64. The molecule has 146 valence electrons. The second-order valence-electron chi connectivity index (χ2n) is 6.48. The molecule has 9 heteroatoms. The molecule has 0 bridgehead atoms. The molecule has 0 aliphatic carbocycles. The number of benzene rings is 2. The molecule has 6 nitrogen and oxygen atoms in total. The number of para-hydroxylation sites is 1. The number of nitrogens with one attached hydrogen (secondary N) is 1. The molecule has 0 radical (unpaired) electrons. The maximum absolute atomic E-state index is 13.2. The summed E-state index contributed by atoms with van der Waals surface area (Å²) in [6.07, 6.45) is -4.76. The molecule has 2 aromatic rings. The predicted octanol–water partition coefficient (Wildman–Crippen LogP) is 3.43. The van der Waals surface area contributed by atoms with E-state index in [-0.39, 0.29) is 25.4 Å². The van der Waals surface area contributed by atoms with Crippen molar-refractivity contribution in [1.29, 1.82) is 0 Å². The van der Waals surface area contributed by atoms with Crippen LogP contribution in [0.3, 0.4) is 0 Å². The van der Waals surface area contributed by atoms with Crippen LogP contribution in [-0.4, -0.2) is 25.2 Å². The first kappa shape index (κ1) is 18.1. The number of alkyl halides is 3. The molecule has 4 rings (SSSR count). The second kappa shape index (κ2) is 6.74. The molecular formula is C19H15F3N2O4. The van der Waals surface area contributed by atoms with Gasteiger partial charge in [0.2, 0.25) is 18.6 Å². The topological polar surface area (TPSA) is 67.9 Å². The normalized spacial score (nSPS) is 18.5. The van der Waals surface area contributed by atoms with Crippen molar-refractivity contribution in [2.24, 2.45) is 5.92 Å². The van der Waals surface area contributed by atoms with E-state index in [1.807, 2.05) is 0 Å². The highest BCUT2D eigenvalue weighted by Gasteiger charge is 2.40. The Morgan fingerprint density at radius 2 is 1.86 bits per heavy atom. The van der Waals surface area contributed by atoms with Gasteiger partial charge < -0.3 is 19.7 Å². The van der Waals surface area contributed by atoms with Crippen LogP contribution in [0.5, 0.6) is 11.5 Å². The minimum atomic E-state index is -4.59. The predicted molar refractivity (Wildman–Crippen MR) is 93.1 cm³/mol. The fourth-order valence-electron chi connectivity index (χ4n) is 3.28. The number of hydrogen-bond acceptors (Lipinski definition) is 4. The average molecular weight is 392 g/mol. The van der Waals surface area contributed by atoms with Crippen LogP contribution in [0.2, 0.25) is 0 Å². The largest absolute Gasteiger partial charge is 0.454 e. The minimum Gasteiger partial charge on any atom is -0.454 e. The molecule has 1 N–H and O–H groups in total. The van der Waals surface area contributed by atoms with E-state index in [0.717, 1.165) is 11.0 Å². The van der Waals surface area contributed by atoms with Gasteiger partial charge in [0.25, 0.3) is 0 Å². The van der Waals surface area contributed by atoms with E-state index in [1.54, 1.807) is 18.2 Å². The highest BCUT2D eigenvalue weighted by atomic mass is 19.4. The van der Waals surface area contributed by atoms with Crippen LogP contribution in [0.1, 0.15) is 12.0 Å². The molecule has 2 aliphatic rings. The van der Waals surface area contributed by atoms with Crippen molar-refractivity contribution >= 4 is 23.2 Å². The van der Waals surface area contributed by atoms with E-state index >= 15 is 0 Å². The average Bonchev–Trinajstić information content (AvgIpc) is 3.27. The van der Waals surface area contributed by atoms with Crippen LogP contribution in [0.4, 0.5) is 24.5 Å². The van der Waals surface area contributed by atoms with Gasteiger partial charge in [-0.2, -0.15) is 13.2 Å². The molecule has 0 aromatic heterocycles. The van der Waals surface area contributed by atoms with Crippen LogP contribution in [0, 0.1) is 5.92 Å². The fourth-order valence-corrected chi connectivity index (χ4v) is 3.28. The van der Waals surface area contributed by atoms with Crippen molar-refractivity contribution in [1.82, 2.24) is 0 Å². The zero-order chi connectivity index (χ0) is 19.9. The molecular weight excluding hydrogens is 377 g/mol. The minimum absolute atomic E-state index is 0.0947. The summed E-state index contributed by atoms with van der Waals surface area (Å²) >= 11 is 0. The Morgan fingerprint density at radius 3 is 2.64 bits per heavy atom. The fraction of sp³-hybridized carbons (Fsp3) is 0.263. The lowest BCUT2D eigenvalue weighted by Gasteiger charge is -2.21. The third-order valence-electron chi connectivity index (χ3n) is 4.64. The summed E-state index contributed by atoms with van der Waals surface area (Å²) in [5.41, 5.74) is -0.686. The number of halogens is 3. The van der Waals surface area contributed by atoms with Crippen molar-refractivity contribution in [3.8, 4) is 11.5 Å². The summed E-state index contributed by atoms with van der Waals surface area (Å²) in [5.74, 6) is -0.689. The standard InChI is InChI=1S/C19H15F3N2O4/c20-19(21,22)13-3-1-2-4-14(13)24-9-11(7-17(24)25)18(26)23-12-5-6-15-16(8-12)28-10-27-15/h1-6,8,11H,7,9-10H2,(H,23,26). The first-order valence-corrected chi connectivity index (χ1v) is 8.50. The number of rotatable bonds is 3. The lowest BCUT2D eigenvalue weighted by molar-refractivity contribution is -0.137. The number of ether oxygens (including phenoxy) is 2. The number of carbonyl (C=O) groups is 2. The highest BCUT2D eigenvalue weighted by Crippen LogP contribution is 2.39. The number of fused-ring (bicyclic) bond motifs is 1. The first-order valence-electron chi connectivity index (χ1n) is 8.50. The zero-order valence-corrected chi connectivity index (χ0v) is 14.5. The molecule has 2 heterocycles. The lowest BCUT2D eigenvalue weighted by Crippen LogP contribution is -2.29. The molecule has 0 saturated carbocycles. The first-order chi connectivity index (χ1) is 13.3. The van der Waals surface area contributed by atoms with E-state index in [0.29, 0.717) is 17.2 Å². The van der Waals surface area contributed by atoms with Crippen molar-refractivity contribution in [2.45, 2.75) is 12.6 Å². The molecule has 2 aliphatic heterocycles. The van der Waals surface area contributed by atoms with Gasteiger partial charge in [-0.25, -0.2) is 0 Å². The summed E-state index contributed by atoms with van der Waals surface area (Å²) in [7, 11) is 0. The smallest absolute Gasteiger partial charge is 0.418 e. The Kier molecular flexibility index (Phi) is 4.37. The Bertz CT molecular complexity index is 945. The van der Waals surface area contributed by atoms with Crippen molar-refractivity contribution in [2.75, 3.05) is 23.6 Å². The van der Waals surface area contributed by atoms with Crippen LogP contribution >= 0.6 is 0 Å². The Balaban J connectivity index is 1.50. The van der Waals surface area contributed by atoms with Gasteiger partial charge in [0.05, 0.1) is 17.2 Å². The van der Waals surface area contributed by atoms with Crippen molar-refractivity contribution in [3.63, 3.8) is 0 Å². The van der Waals surface area contributed by atoms with Gasteiger partial charge in [0, 0.05) is 24.7 Å². The van der Waals surface area contributed by atoms with Crippen LogP contribution < -0.4 is 19.7 Å². The summed E-state index contributed by atoms with van der Waals surface area (Å²) in [6, 6.07) is 9.70. The Labute approximate surface area is 157 Å². The number of amides is 2. The SMILES string of the molecule is O=C(Nc1ccc2c(c1)OCO2)C1CC(=O)N(c2ccccc2C(F)(F)F)C1. The molecule has 0 spiro atoms. The van der Waals surface area contributed by atoms with Gasteiger partial charge in [-0.15, -0.1) is 0 Å². The summed E-state index contributed by atoms with van der Waals surface area (Å²) in [6.45, 7) is -0.0280. The molecule has 1 fully saturated rings. The molecule has 2 amide bonds. The van der Waals surface area contributed by atoms with E-state index < -0.39 is 29.5 Å². The van der Waals surface area contributed by atoms with Gasteiger partial charge in [0.15, 0.2) is 11.5 Å². The molecule has 1 unspecified atom stereocenters. The number of hydrogen-bond donors (Lipinski definition) is 1. The van der Waals surface area contributed by atoms with Gasteiger partial charge in [0.1, 0.15) is 0 Å². The number of nitrogens with zero attached hydrogens (tertiary/aromatic N) is 1. The Morgan fingerprint density at radius 1 is 1.11 bits per heavy atom. The Hall–Kier alpha value is -3.23. The second-order valence-corrected chi connectivity index (χ2v) is 6.48. The molecule has 1 atom stereocenters. The summed E-state index contributed by atoms with van der Waals surface area (Å²) in [4.78, 5) is 25.9.